The monoisotopic (exact) mass is 581 g/mol. The Morgan fingerprint density at radius 3 is 0.783 bits per heavy atom. The summed E-state index contributed by atoms with van der Waals surface area (Å²) in [5.74, 6) is 0. The Morgan fingerprint density at radius 1 is 0.478 bits per heavy atom. The van der Waals surface area contributed by atoms with Crippen LogP contribution in [0.2, 0.25) is 0 Å². The van der Waals surface area contributed by atoms with Crippen LogP contribution in [0.3, 0.4) is 0 Å². The fourth-order valence-electron chi connectivity index (χ4n) is 4.76. The Labute approximate surface area is 157 Å². The van der Waals surface area contributed by atoms with Crippen molar-refractivity contribution >= 4 is 34.7 Å². The van der Waals surface area contributed by atoms with Gasteiger partial charge in [-0.1, -0.05) is 0 Å². The Hall–Kier alpha value is 1.89. The number of hydrogen-bond donors (Lipinski definition) is 0. The SMILES string of the molecule is C1N2CN3CN1C[PH+](C2)C3.C1N2CN3CN1C[PH+](C2)C3.[Cl][Pt][Cl]. The van der Waals surface area contributed by atoms with Gasteiger partial charge < -0.3 is 0 Å². The van der Waals surface area contributed by atoms with Crippen LogP contribution in [-0.2, 0) is 16.5 Å². The second kappa shape index (κ2) is 8.28. The van der Waals surface area contributed by atoms with Gasteiger partial charge in [-0.25, -0.2) is 29.4 Å². The number of rotatable bonds is 0. The third-order valence-electron chi connectivity index (χ3n) is 5.08. The van der Waals surface area contributed by atoms with E-state index in [1.807, 2.05) is 0 Å². The zero-order valence-corrected chi connectivity index (χ0v) is 19.0. The first kappa shape index (κ1) is 18.3. The Morgan fingerprint density at radius 2 is 0.652 bits per heavy atom. The molecule has 8 aliphatic heterocycles. The summed E-state index contributed by atoms with van der Waals surface area (Å²) in [6, 6.07) is 0. The van der Waals surface area contributed by atoms with Crippen molar-refractivity contribution in [3.8, 4) is 0 Å². The first-order valence-corrected chi connectivity index (χ1v) is 17.9. The molecule has 8 heterocycles. The molecule has 136 valence electrons. The van der Waals surface area contributed by atoms with Gasteiger partial charge in [-0.3, -0.25) is 0 Å². The van der Waals surface area contributed by atoms with Crippen LogP contribution in [0.5, 0.6) is 0 Å². The van der Waals surface area contributed by atoms with E-state index in [-0.39, 0.29) is 15.8 Å². The molecule has 0 atom stereocenters. The molecule has 0 unspecified atom stereocenters. The van der Waals surface area contributed by atoms with Gasteiger partial charge in [0, 0.05) is 15.8 Å². The second-order valence-corrected chi connectivity index (χ2v) is 15.5. The molecule has 0 saturated carbocycles. The van der Waals surface area contributed by atoms with Crippen LogP contribution in [0, 0.1) is 0 Å². The van der Waals surface area contributed by atoms with Gasteiger partial charge in [0.1, 0.15) is 37.7 Å². The summed E-state index contributed by atoms with van der Waals surface area (Å²) in [5.41, 5.74) is 0. The molecule has 0 spiro atoms. The van der Waals surface area contributed by atoms with Crippen molar-refractivity contribution in [1.29, 1.82) is 0 Å². The van der Waals surface area contributed by atoms with E-state index in [9.17, 15) is 0 Å². The van der Waals surface area contributed by atoms with Crippen molar-refractivity contribution in [3.05, 3.63) is 0 Å². The van der Waals surface area contributed by atoms with Crippen LogP contribution in [0.1, 0.15) is 0 Å². The molecule has 0 aliphatic carbocycles. The van der Waals surface area contributed by atoms with Gasteiger partial charge in [-0.2, -0.15) is 0 Å². The van der Waals surface area contributed by atoms with Crippen molar-refractivity contribution in [3.63, 3.8) is 0 Å². The van der Waals surface area contributed by atoms with E-state index >= 15 is 0 Å². The summed E-state index contributed by atoms with van der Waals surface area (Å²) in [7, 11) is 9.81. The van der Waals surface area contributed by atoms with Crippen molar-refractivity contribution in [1.82, 2.24) is 29.4 Å². The van der Waals surface area contributed by atoms with E-state index < -0.39 is 16.5 Å². The molecule has 0 amide bonds. The van der Waals surface area contributed by atoms with Crippen molar-refractivity contribution < 1.29 is 16.5 Å². The Kier molecular flexibility index (Phi) is 6.57. The molecule has 11 heteroatoms. The van der Waals surface area contributed by atoms with Gasteiger partial charge >= 0.3 is 35.3 Å². The topological polar surface area (TPSA) is 19.4 Å². The average molecular weight is 582 g/mol. The van der Waals surface area contributed by atoms with E-state index in [1.165, 1.54) is 77.7 Å². The Balaban J connectivity index is 0.000000101. The molecule has 8 saturated heterocycles. The minimum atomic E-state index is -0.472. The van der Waals surface area contributed by atoms with Crippen LogP contribution in [0.15, 0.2) is 0 Å². The maximum atomic E-state index is 4.88. The van der Waals surface area contributed by atoms with Crippen molar-refractivity contribution in [2.45, 2.75) is 0 Å². The normalized spacial score (nSPS) is 51.0. The molecule has 0 aromatic carbocycles. The van der Waals surface area contributed by atoms with Gasteiger partial charge in [0.15, 0.2) is 0 Å². The zero-order valence-electron chi connectivity index (χ0n) is 13.2. The van der Waals surface area contributed by atoms with E-state index in [2.05, 4.69) is 29.4 Å². The summed E-state index contributed by atoms with van der Waals surface area (Å²) in [6.07, 6.45) is 8.74. The van der Waals surface area contributed by atoms with Crippen molar-refractivity contribution in [2.24, 2.45) is 0 Å². The number of hydrogen-bond acceptors (Lipinski definition) is 6. The molecule has 6 nitrogen and oxygen atoms in total. The summed E-state index contributed by atoms with van der Waals surface area (Å²) < 4.78 is 0. The van der Waals surface area contributed by atoms with Crippen LogP contribution >= 0.6 is 34.7 Å². The second-order valence-electron chi connectivity index (χ2n) is 7.37. The quantitative estimate of drug-likeness (QED) is 0.397. The van der Waals surface area contributed by atoms with Crippen LogP contribution in [0.25, 0.3) is 0 Å². The molecule has 8 rings (SSSR count). The third kappa shape index (κ3) is 4.60. The van der Waals surface area contributed by atoms with Gasteiger partial charge in [-0.15, -0.1) is 0 Å². The molecule has 0 N–H and O–H groups in total. The molecule has 8 bridgehead atoms. The Bertz CT molecular complexity index is 274. The third-order valence-corrected chi connectivity index (χ3v) is 10.4. The molecular weight excluding hydrogens is 556 g/mol. The van der Waals surface area contributed by atoms with Crippen LogP contribution in [-0.4, -0.2) is 107 Å². The first-order chi connectivity index (χ1) is 11.2. The van der Waals surface area contributed by atoms with Gasteiger partial charge in [0.05, 0.1) is 40.0 Å². The first-order valence-electron chi connectivity index (χ1n) is 8.05. The summed E-state index contributed by atoms with van der Waals surface area (Å²) in [6.45, 7) is 7.53. The van der Waals surface area contributed by atoms with Crippen LogP contribution in [0.4, 0.5) is 0 Å². The van der Waals surface area contributed by atoms with Crippen LogP contribution < -0.4 is 0 Å². The molecule has 8 fully saturated rings. The van der Waals surface area contributed by atoms with E-state index in [4.69, 9.17) is 18.8 Å². The number of halogens is 2. The number of nitrogens with zero attached hydrogens (tertiary/aromatic N) is 6. The zero-order chi connectivity index (χ0) is 15.8. The maximum absolute atomic E-state index is 4.88. The minimum absolute atomic E-state index is 0.0297. The molecule has 0 aromatic heterocycles. The van der Waals surface area contributed by atoms with Gasteiger partial charge in [0.2, 0.25) is 0 Å². The molecule has 0 radical (unpaired) electrons. The summed E-state index contributed by atoms with van der Waals surface area (Å²) in [5, 5.41) is 0. The van der Waals surface area contributed by atoms with Crippen molar-refractivity contribution in [2.75, 3.05) is 77.7 Å². The average Bonchev–Trinajstić information content (AvgIpc) is 2.45. The van der Waals surface area contributed by atoms with E-state index in [0.717, 1.165) is 0 Å². The predicted molar refractivity (Wildman–Crippen MR) is 97.8 cm³/mol. The fraction of sp³-hybridized carbons (Fsp3) is 1.00. The molecule has 0 aromatic rings. The summed E-state index contributed by atoms with van der Waals surface area (Å²) in [4.78, 5) is 15.5. The van der Waals surface area contributed by atoms with E-state index in [1.54, 1.807) is 0 Å². The predicted octanol–water partition coefficient (Wildman–Crippen LogP) is 1.16. The van der Waals surface area contributed by atoms with E-state index in [0.29, 0.717) is 0 Å². The van der Waals surface area contributed by atoms with Gasteiger partial charge in [0.25, 0.3) is 0 Å². The summed E-state index contributed by atoms with van der Waals surface area (Å²) >= 11 is -0.472. The molecule has 23 heavy (non-hydrogen) atoms. The standard InChI is InChI=1S/2C6H12N3P.2ClH.Pt/c2*1-7-2-9-3-8(1)5-10(4-7)6-9;;;/h2*1-6H2;2*1H;/q;;;;+2. The fourth-order valence-corrected chi connectivity index (χ4v) is 10.4. The molecular formula is C12H26Cl2N6P2Pt+2. The molecule has 8 aliphatic rings. The van der Waals surface area contributed by atoms with Gasteiger partial charge in [-0.05, 0) is 0 Å².